The van der Waals surface area contributed by atoms with Crippen molar-refractivity contribution in [3.8, 4) is 0 Å². The number of thioether (sulfide) groups is 1. The van der Waals surface area contributed by atoms with Crippen LogP contribution in [0.15, 0.2) is 0 Å². The Hall–Kier alpha value is -0.220. The fraction of sp³-hybridized carbons (Fsp3) is 0.929. The number of carbonyl (C=O) groups excluding carboxylic acids is 1. The number of nitrogens with zero attached hydrogens (tertiary/aromatic N) is 1. The lowest BCUT2D eigenvalue weighted by Gasteiger charge is -2.28. The Balaban J connectivity index is 1.91. The lowest BCUT2D eigenvalue weighted by atomic mass is 10.1. The van der Waals surface area contributed by atoms with Gasteiger partial charge in [0.15, 0.2) is 0 Å². The summed E-state index contributed by atoms with van der Waals surface area (Å²) in [7, 11) is 0. The van der Waals surface area contributed by atoms with Gasteiger partial charge in [-0.2, -0.15) is 11.8 Å². The second-order valence-electron chi connectivity index (χ2n) is 5.36. The summed E-state index contributed by atoms with van der Waals surface area (Å²) in [4.78, 5) is 14.5. The van der Waals surface area contributed by atoms with Crippen LogP contribution < -0.4 is 5.32 Å². The number of hydrogen-bond donors (Lipinski definition) is 1. The van der Waals surface area contributed by atoms with Gasteiger partial charge in [-0.25, -0.2) is 0 Å². The van der Waals surface area contributed by atoms with E-state index in [2.05, 4.69) is 24.1 Å². The molecule has 4 heteroatoms. The smallest absolute Gasteiger partial charge is 0.241 e. The Morgan fingerprint density at radius 1 is 1.39 bits per heavy atom. The first-order valence-corrected chi connectivity index (χ1v) is 8.48. The molecule has 0 radical (unpaired) electrons. The maximum atomic E-state index is 12.4. The molecule has 1 aliphatic heterocycles. The van der Waals surface area contributed by atoms with E-state index in [-0.39, 0.29) is 6.04 Å². The van der Waals surface area contributed by atoms with E-state index in [4.69, 9.17) is 0 Å². The van der Waals surface area contributed by atoms with Gasteiger partial charge in [0.2, 0.25) is 5.91 Å². The van der Waals surface area contributed by atoms with Gasteiger partial charge in [0.1, 0.15) is 0 Å². The number of nitrogens with one attached hydrogen (secondary N) is 1. The van der Waals surface area contributed by atoms with Gasteiger partial charge in [0.05, 0.1) is 12.7 Å². The minimum atomic E-state index is 0.0952. The van der Waals surface area contributed by atoms with Crippen molar-refractivity contribution in [2.75, 3.05) is 12.4 Å². The molecule has 1 aliphatic carbocycles. The molecule has 0 spiro atoms. The predicted octanol–water partition coefficient (Wildman–Crippen LogP) is 2.61. The molecule has 0 aromatic rings. The third-order valence-electron chi connectivity index (χ3n) is 4.13. The van der Waals surface area contributed by atoms with Gasteiger partial charge in [0, 0.05) is 11.3 Å². The van der Waals surface area contributed by atoms with Crippen LogP contribution in [0.3, 0.4) is 0 Å². The molecule has 1 N–H and O–H groups in total. The Morgan fingerprint density at radius 2 is 2.22 bits per heavy atom. The Bertz CT molecular complexity index is 285. The topological polar surface area (TPSA) is 32.3 Å². The highest BCUT2D eigenvalue weighted by atomic mass is 32.2. The van der Waals surface area contributed by atoms with Crippen molar-refractivity contribution in [2.45, 2.75) is 69.7 Å². The molecule has 0 bridgehead atoms. The molecule has 3 atom stereocenters. The summed E-state index contributed by atoms with van der Waals surface area (Å²) in [6.07, 6.45) is 7.09. The second-order valence-corrected chi connectivity index (χ2v) is 6.87. The SMILES string of the molecule is CCCCC1NCN(C2CCCC2SCC)C1=O. The van der Waals surface area contributed by atoms with Gasteiger partial charge in [-0.05, 0) is 25.0 Å². The molecule has 2 rings (SSSR count). The molecule has 0 aromatic heterocycles. The Morgan fingerprint density at radius 3 is 2.94 bits per heavy atom. The van der Waals surface area contributed by atoms with Crippen LogP contribution in [0, 0.1) is 0 Å². The zero-order chi connectivity index (χ0) is 13.0. The van der Waals surface area contributed by atoms with Crippen molar-refractivity contribution in [1.82, 2.24) is 10.2 Å². The normalized spacial score (nSPS) is 32.4. The lowest BCUT2D eigenvalue weighted by molar-refractivity contribution is -0.130. The Kier molecular flexibility index (Phi) is 5.37. The van der Waals surface area contributed by atoms with E-state index >= 15 is 0 Å². The first kappa shape index (κ1) is 14.2. The molecule has 1 saturated heterocycles. The first-order valence-electron chi connectivity index (χ1n) is 7.43. The van der Waals surface area contributed by atoms with Gasteiger partial charge < -0.3 is 4.90 Å². The maximum absolute atomic E-state index is 12.4. The molecule has 1 saturated carbocycles. The van der Waals surface area contributed by atoms with Gasteiger partial charge in [-0.3, -0.25) is 10.1 Å². The molecule has 1 amide bonds. The van der Waals surface area contributed by atoms with Gasteiger partial charge >= 0.3 is 0 Å². The highest BCUT2D eigenvalue weighted by molar-refractivity contribution is 7.99. The molecule has 18 heavy (non-hydrogen) atoms. The quantitative estimate of drug-likeness (QED) is 0.805. The zero-order valence-electron chi connectivity index (χ0n) is 11.7. The average Bonchev–Trinajstić information content (AvgIpc) is 2.94. The second kappa shape index (κ2) is 6.80. The monoisotopic (exact) mass is 270 g/mol. The van der Waals surface area contributed by atoms with E-state index in [1.165, 1.54) is 25.7 Å². The number of rotatable bonds is 6. The van der Waals surface area contributed by atoms with E-state index in [0.29, 0.717) is 17.2 Å². The highest BCUT2D eigenvalue weighted by Gasteiger charge is 2.40. The van der Waals surface area contributed by atoms with Crippen molar-refractivity contribution in [1.29, 1.82) is 0 Å². The fourth-order valence-corrected chi connectivity index (χ4v) is 4.43. The first-order chi connectivity index (χ1) is 8.77. The van der Waals surface area contributed by atoms with Gasteiger partial charge in [0.25, 0.3) is 0 Å². The van der Waals surface area contributed by atoms with Crippen molar-refractivity contribution < 1.29 is 4.79 Å². The van der Waals surface area contributed by atoms with Crippen molar-refractivity contribution in [3.05, 3.63) is 0 Å². The van der Waals surface area contributed by atoms with Crippen LogP contribution in [0.25, 0.3) is 0 Å². The van der Waals surface area contributed by atoms with E-state index in [0.717, 1.165) is 25.3 Å². The van der Waals surface area contributed by atoms with Crippen LogP contribution in [-0.2, 0) is 4.79 Å². The number of hydrogen-bond acceptors (Lipinski definition) is 3. The summed E-state index contributed by atoms with van der Waals surface area (Å²) < 4.78 is 0. The molecule has 1 heterocycles. The predicted molar refractivity (Wildman–Crippen MR) is 77.7 cm³/mol. The summed E-state index contributed by atoms with van der Waals surface area (Å²) in [6.45, 7) is 5.18. The van der Waals surface area contributed by atoms with Crippen LogP contribution in [0.4, 0.5) is 0 Å². The van der Waals surface area contributed by atoms with E-state index in [1.54, 1.807) is 0 Å². The third kappa shape index (κ3) is 3.02. The number of amides is 1. The summed E-state index contributed by atoms with van der Waals surface area (Å²) in [6, 6.07) is 0.583. The van der Waals surface area contributed by atoms with Crippen LogP contribution in [0.2, 0.25) is 0 Å². The summed E-state index contributed by atoms with van der Waals surface area (Å²) >= 11 is 2.03. The molecule has 104 valence electrons. The molecule has 3 unspecified atom stereocenters. The van der Waals surface area contributed by atoms with Crippen LogP contribution >= 0.6 is 11.8 Å². The van der Waals surface area contributed by atoms with Crippen LogP contribution in [0.5, 0.6) is 0 Å². The number of unbranched alkanes of at least 4 members (excludes halogenated alkanes) is 1. The van der Waals surface area contributed by atoms with E-state index in [9.17, 15) is 4.79 Å². The standard InChI is InChI=1S/C14H26N2OS/c1-3-5-7-11-14(17)16(10-15-11)12-8-6-9-13(12)18-4-2/h11-13,15H,3-10H2,1-2H3. The molecule has 3 nitrogen and oxygen atoms in total. The summed E-state index contributed by atoms with van der Waals surface area (Å²) in [5.74, 6) is 1.52. The lowest BCUT2D eigenvalue weighted by Crippen LogP contribution is -2.42. The molecular formula is C14H26N2OS. The van der Waals surface area contributed by atoms with Crippen molar-refractivity contribution >= 4 is 17.7 Å². The van der Waals surface area contributed by atoms with Crippen molar-refractivity contribution in [3.63, 3.8) is 0 Å². The fourth-order valence-electron chi connectivity index (χ4n) is 3.16. The van der Waals surface area contributed by atoms with Gasteiger partial charge in [-0.15, -0.1) is 0 Å². The third-order valence-corrected chi connectivity index (χ3v) is 5.45. The summed E-state index contributed by atoms with van der Waals surface area (Å²) in [5, 5.41) is 4.07. The Labute approximate surface area is 115 Å². The molecule has 2 aliphatic rings. The minimum absolute atomic E-state index is 0.0952. The minimum Gasteiger partial charge on any atom is -0.324 e. The summed E-state index contributed by atoms with van der Waals surface area (Å²) in [5.41, 5.74) is 0. The van der Waals surface area contributed by atoms with Crippen LogP contribution in [-0.4, -0.2) is 40.6 Å². The molecule has 2 fully saturated rings. The largest absolute Gasteiger partial charge is 0.324 e. The van der Waals surface area contributed by atoms with E-state index in [1.807, 2.05) is 11.8 Å². The van der Waals surface area contributed by atoms with E-state index < -0.39 is 0 Å². The average molecular weight is 270 g/mol. The van der Waals surface area contributed by atoms with Gasteiger partial charge in [-0.1, -0.05) is 33.1 Å². The molecule has 0 aromatic carbocycles. The van der Waals surface area contributed by atoms with Crippen molar-refractivity contribution in [2.24, 2.45) is 0 Å². The van der Waals surface area contributed by atoms with Crippen LogP contribution in [0.1, 0.15) is 52.4 Å². The number of carbonyl (C=O) groups is 1. The zero-order valence-corrected chi connectivity index (χ0v) is 12.5. The highest BCUT2D eigenvalue weighted by Crippen LogP contribution is 2.34. The maximum Gasteiger partial charge on any atom is 0.241 e. The molecular weight excluding hydrogens is 244 g/mol.